The SMILES string of the molecule is COc1ccc(C(OC[C@H]2O[C@@H](n3cc(C)c(=O)[nH]c3=S)C[C@@H]2O)(c2ccccc2)c2ccc(OC)cc2)cc1. The summed E-state index contributed by atoms with van der Waals surface area (Å²) in [5, 5.41) is 11.0. The molecule has 8 nitrogen and oxygen atoms in total. The van der Waals surface area contributed by atoms with Crippen LogP contribution in [0.5, 0.6) is 11.5 Å². The van der Waals surface area contributed by atoms with Gasteiger partial charge in [-0.05, 0) is 60.1 Å². The molecule has 4 aromatic rings. The molecule has 0 saturated carbocycles. The highest BCUT2D eigenvalue weighted by molar-refractivity contribution is 7.71. The number of ether oxygens (including phenoxy) is 4. The minimum Gasteiger partial charge on any atom is -0.497 e. The van der Waals surface area contributed by atoms with Crippen molar-refractivity contribution < 1.29 is 24.1 Å². The number of aryl methyl sites for hydroxylation is 1. The Morgan fingerprint density at radius 3 is 2.05 bits per heavy atom. The molecule has 1 fully saturated rings. The zero-order valence-electron chi connectivity index (χ0n) is 22.6. The number of aliphatic hydroxyl groups is 1. The van der Waals surface area contributed by atoms with Gasteiger partial charge in [0.25, 0.3) is 5.56 Å². The van der Waals surface area contributed by atoms with Crippen LogP contribution >= 0.6 is 12.2 Å². The third kappa shape index (κ3) is 5.33. The van der Waals surface area contributed by atoms with Gasteiger partial charge in [-0.2, -0.15) is 0 Å². The molecule has 0 bridgehead atoms. The summed E-state index contributed by atoms with van der Waals surface area (Å²) in [5.41, 5.74) is 1.90. The molecule has 0 amide bonds. The van der Waals surface area contributed by atoms with E-state index in [0.717, 1.165) is 28.2 Å². The second-order valence-corrected chi connectivity index (χ2v) is 10.1. The third-order valence-corrected chi connectivity index (χ3v) is 7.61. The van der Waals surface area contributed by atoms with E-state index >= 15 is 0 Å². The summed E-state index contributed by atoms with van der Waals surface area (Å²) in [4.78, 5) is 14.6. The average molecular weight is 561 g/mol. The molecule has 1 aliphatic heterocycles. The molecule has 0 aliphatic carbocycles. The van der Waals surface area contributed by atoms with Gasteiger partial charge in [0.15, 0.2) is 4.77 Å². The highest BCUT2D eigenvalue weighted by Crippen LogP contribution is 2.42. The predicted molar refractivity (Wildman–Crippen MR) is 153 cm³/mol. The monoisotopic (exact) mass is 560 g/mol. The van der Waals surface area contributed by atoms with Gasteiger partial charge in [0, 0.05) is 18.2 Å². The first-order valence-corrected chi connectivity index (χ1v) is 13.4. The molecule has 2 N–H and O–H groups in total. The number of rotatable bonds is 9. The molecule has 1 aromatic heterocycles. The van der Waals surface area contributed by atoms with Gasteiger partial charge in [0.2, 0.25) is 0 Å². The van der Waals surface area contributed by atoms with Gasteiger partial charge >= 0.3 is 0 Å². The zero-order chi connectivity index (χ0) is 28.3. The Balaban J connectivity index is 1.54. The molecule has 0 radical (unpaired) electrons. The van der Waals surface area contributed by atoms with Gasteiger partial charge in [-0.3, -0.25) is 14.3 Å². The Kier molecular flexibility index (Phi) is 8.18. The number of nitrogens with one attached hydrogen (secondary N) is 1. The number of aromatic nitrogens is 2. The van der Waals surface area contributed by atoms with Crippen LogP contribution in [0.4, 0.5) is 0 Å². The lowest BCUT2D eigenvalue weighted by molar-refractivity contribution is -0.0941. The van der Waals surface area contributed by atoms with Crippen LogP contribution in [-0.4, -0.2) is 47.7 Å². The van der Waals surface area contributed by atoms with Crippen LogP contribution in [0, 0.1) is 11.7 Å². The van der Waals surface area contributed by atoms with Crippen molar-refractivity contribution in [3.05, 3.63) is 122 Å². The number of hydrogen-bond acceptors (Lipinski definition) is 7. The summed E-state index contributed by atoms with van der Waals surface area (Å²) in [6.07, 6.45) is -0.0278. The van der Waals surface area contributed by atoms with E-state index in [1.165, 1.54) is 0 Å². The molecule has 3 aromatic carbocycles. The Morgan fingerprint density at radius 1 is 0.950 bits per heavy atom. The number of hydrogen-bond donors (Lipinski definition) is 2. The van der Waals surface area contributed by atoms with E-state index in [0.29, 0.717) is 12.0 Å². The van der Waals surface area contributed by atoms with Crippen molar-refractivity contribution in [1.82, 2.24) is 9.55 Å². The van der Waals surface area contributed by atoms with E-state index in [4.69, 9.17) is 31.2 Å². The number of nitrogens with zero attached hydrogens (tertiary/aromatic N) is 1. The van der Waals surface area contributed by atoms with Gasteiger partial charge in [0.1, 0.15) is 29.4 Å². The topological polar surface area (TPSA) is 94.9 Å². The first-order valence-electron chi connectivity index (χ1n) is 13.0. The maximum absolute atomic E-state index is 12.0. The highest BCUT2D eigenvalue weighted by atomic mass is 32.1. The number of H-pyrrole nitrogens is 1. The van der Waals surface area contributed by atoms with Gasteiger partial charge in [-0.15, -0.1) is 0 Å². The fraction of sp³-hybridized carbons (Fsp3) is 0.290. The van der Waals surface area contributed by atoms with Gasteiger partial charge in [-0.1, -0.05) is 54.6 Å². The Bertz CT molecular complexity index is 1500. The van der Waals surface area contributed by atoms with Gasteiger partial charge in [-0.25, -0.2) is 0 Å². The highest BCUT2D eigenvalue weighted by Gasteiger charge is 2.42. The normalized spacial score (nSPS) is 18.9. The van der Waals surface area contributed by atoms with Crippen LogP contribution in [-0.2, 0) is 15.1 Å². The summed E-state index contributed by atoms with van der Waals surface area (Å²) in [5.74, 6) is 1.46. The molecule has 9 heteroatoms. The summed E-state index contributed by atoms with van der Waals surface area (Å²) < 4.78 is 25.9. The lowest BCUT2D eigenvalue weighted by Gasteiger charge is -2.37. The smallest absolute Gasteiger partial charge is 0.254 e. The Morgan fingerprint density at radius 2 is 1.50 bits per heavy atom. The standard InChI is InChI=1S/C31H32N2O6S/c1-20-18-33(30(40)32-29(20)35)28-17-26(34)27(39-28)19-38-31(21-7-5-4-6-8-21,22-9-13-24(36-2)14-10-22)23-11-15-25(37-3)16-12-23/h4-16,18,26-28,34H,17,19H2,1-3H3,(H,32,35,40)/t26-,27+,28+/m0/s1. The summed E-state index contributed by atoms with van der Waals surface area (Å²) in [6, 6.07) is 25.5. The lowest BCUT2D eigenvalue weighted by atomic mass is 9.80. The minimum absolute atomic E-state index is 0.0836. The number of methoxy groups -OCH3 is 2. The summed E-state index contributed by atoms with van der Waals surface area (Å²) in [7, 11) is 3.26. The zero-order valence-corrected chi connectivity index (χ0v) is 23.4. The van der Waals surface area contributed by atoms with Crippen LogP contribution in [0.3, 0.4) is 0 Å². The van der Waals surface area contributed by atoms with E-state index in [2.05, 4.69) is 4.98 Å². The quantitative estimate of drug-likeness (QED) is 0.222. The number of benzene rings is 3. The van der Waals surface area contributed by atoms with Crippen LogP contribution in [0.15, 0.2) is 89.9 Å². The van der Waals surface area contributed by atoms with Crippen LogP contribution in [0.1, 0.15) is 34.9 Å². The molecule has 1 aliphatic rings. The minimum atomic E-state index is -1.04. The van der Waals surface area contributed by atoms with Gasteiger partial charge < -0.3 is 24.1 Å². The molecule has 208 valence electrons. The van der Waals surface area contributed by atoms with Crippen molar-refractivity contribution in [3.63, 3.8) is 0 Å². The van der Waals surface area contributed by atoms with Crippen molar-refractivity contribution >= 4 is 12.2 Å². The fourth-order valence-corrected chi connectivity index (χ4v) is 5.38. The molecule has 2 heterocycles. The van der Waals surface area contributed by atoms with Crippen LogP contribution in [0.2, 0.25) is 0 Å². The molecule has 0 spiro atoms. The van der Waals surface area contributed by atoms with Crippen LogP contribution < -0.4 is 15.0 Å². The van der Waals surface area contributed by atoms with E-state index in [9.17, 15) is 9.90 Å². The third-order valence-electron chi connectivity index (χ3n) is 7.30. The molecule has 3 atom stereocenters. The summed E-state index contributed by atoms with van der Waals surface area (Å²) in [6.45, 7) is 1.79. The molecule has 1 saturated heterocycles. The Hall–Kier alpha value is -3.76. The number of aliphatic hydroxyl groups excluding tert-OH is 1. The first-order chi connectivity index (χ1) is 19.3. The van der Waals surface area contributed by atoms with Crippen molar-refractivity contribution in [2.24, 2.45) is 0 Å². The van der Waals surface area contributed by atoms with Crippen molar-refractivity contribution in [3.8, 4) is 11.5 Å². The van der Waals surface area contributed by atoms with Gasteiger partial charge in [0.05, 0.1) is 26.9 Å². The Labute approximate surface area is 237 Å². The molecule has 0 unspecified atom stereocenters. The molecular weight excluding hydrogens is 528 g/mol. The second-order valence-electron chi connectivity index (χ2n) is 9.73. The van der Waals surface area contributed by atoms with Crippen LogP contribution in [0.25, 0.3) is 0 Å². The second kappa shape index (κ2) is 11.8. The molecule has 40 heavy (non-hydrogen) atoms. The van der Waals surface area contributed by atoms with Crippen molar-refractivity contribution in [1.29, 1.82) is 0 Å². The summed E-state index contributed by atoms with van der Waals surface area (Å²) >= 11 is 5.36. The lowest BCUT2D eigenvalue weighted by Crippen LogP contribution is -2.38. The maximum Gasteiger partial charge on any atom is 0.254 e. The number of aromatic amines is 1. The van der Waals surface area contributed by atoms with E-state index < -0.39 is 24.0 Å². The fourth-order valence-electron chi connectivity index (χ4n) is 5.12. The predicted octanol–water partition coefficient (Wildman–Crippen LogP) is 4.89. The largest absolute Gasteiger partial charge is 0.497 e. The average Bonchev–Trinajstić information content (AvgIpc) is 3.36. The van der Waals surface area contributed by atoms with Crippen molar-refractivity contribution in [2.45, 2.75) is 37.4 Å². The van der Waals surface area contributed by atoms with E-state index in [1.54, 1.807) is 31.9 Å². The van der Waals surface area contributed by atoms with E-state index in [-0.39, 0.29) is 16.9 Å². The molecular formula is C31H32N2O6S. The van der Waals surface area contributed by atoms with Crippen molar-refractivity contribution in [2.75, 3.05) is 20.8 Å². The van der Waals surface area contributed by atoms with E-state index in [1.807, 2.05) is 78.9 Å². The maximum atomic E-state index is 12.0. The first kappa shape index (κ1) is 27.8. The molecule has 5 rings (SSSR count).